The van der Waals surface area contributed by atoms with E-state index in [4.69, 9.17) is 19.9 Å². The van der Waals surface area contributed by atoms with Gasteiger partial charge in [-0.3, -0.25) is 0 Å². The molecule has 6 nitrogen and oxygen atoms in total. The first kappa shape index (κ1) is 25.2. The summed E-state index contributed by atoms with van der Waals surface area (Å²) in [4.78, 5) is 12.8. The first-order chi connectivity index (χ1) is 16.1. The minimum absolute atomic E-state index is 0.0179. The number of rotatable bonds is 6. The molecule has 2 N–H and O–H groups in total. The van der Waals surface area contributed by atoms with Gasteiger partial charge in [0.25, 0.3) is 0 Å². The van der Waals surface area contributed by atoms with E-state index in [-0.39, 0.29) is 41.8 Å². The lowest BCUT2D eigenvalue weighted by molar-refractivity contribution is -0.139. The molecule has 0 saturated heterocycles. The van der Waals surface area contributed by atoms with Crippen LogP contribution in [0.2, 0.25) is 0 Å². The molecule has 1 atom stereocenters. The maximum atomic E-state index is 13.1. The summed E-state index contributed by atoms with van der Waals surface area (Å²) < 4.78 is 56.3. The molecule has 1 aliphatic heterocycles. The van der Waals surface area contributed by atoms with Crippen LogP contribution in [0.1, 0.15) is 36.5 Å². The lowest BCUT2D eigenvalue weighted by atomic mass is 9.82. The molecule has 0 amide bonds. The zero-order valence-corrected chi connectivity index (χ0v) is 19.8. The Morgan fingerprint density at radius 2 is 2.00 bits per heavy atom. The number of allylic oxidation sites excluding steroid dienone is 2. The van der Waals surface area contributed by atoms with Gasteiger partial charge >= 0.3 is 12.1 Å². The zero-order valence-electron chi connectivity index (χ0n) is 18.2. The van der Waals surface area contributed by atoms with Gasteiger partial charge in [0.05, 0.1) is 23.7 Å². The molecule has 2 aromatic carbocycles. The number of nitriles is 1. The average molecular weight is 537 g/mol. The number of hydrogen-bond acceptors (Lipinski definition) is 6. The Labute approximate surface area is 202 Å². The summed E-state index contributed by atoms with van der Waals surface area (Å²) in [7, 11) is 0. The molecule has 0 fully saturated rings. The summed E-state index contributed by atoms with van der Waals surface area (Å²) in [5.41, 5.74) is 5.90. The fraction of sp³-hybridized carbons (Fsp3) is 0.250. The largest absolute Gasteiger partial charge is 0.489 e. The van der Waals surface area contributed by atoms with Crippen molar-refractivity contribution >= 4 is 21.9 Å². The summed E-state index contributed by atoms with van der Waals surface area (Å²) in [6.45, 7) is 3.09. The lowest BCUT2D eigenvalue weighted by Crippen LogP contribution is -2.26. The molecule has 0 saturated carbocycles. The van der Waals surface area contributed by atoms with E-state index in [1.165, 1.54) is 19.1 Å². The smallest absolute Gasteiger partial charge is 0.416 e. The standard InChI is InChI=1S/C24H20BrF3N2O4/c1-3-32-23(31)20-13(2)34-22(30)18(11-29)21(20)17-10-16(25)7-8-19(17)33-12-14-5-4-6-15(9-14)24(26,27)28/h4-10,21H,3,12,30H2,1-2H3. The monoisotopic (exact) mass is 536 g/mol. The Morgan fingerprint density at radius 1 is 1.26 bits per heavy atom. The van der Waals surface area contributed by atoms with Crippen molar-refractivity contribution in [2.75, 3.05) is 6.61 Å². The van der Waals surface area contributed by atoms with Crippen LogP contribution >= 0.6 is 15.9 Å². The van der Waals surface area contributed by atoms with Gasteiger partial charge in [-0.2, -0.15) is 18.4 Å². The maximum Gasteiger partial charge on any atom is 0.416 e. The van der Waals surface area contributed by atoms with Gasteiger partial charge in [0.1, 0.15) is 29.8 Å². The minimum Gasteiger partial charge on any atom is -0.489 e. The van der Waals surface area contributed by atoms with Gasteiger partial charge in [-0.25, -0.2) is 4.79 Å². The number of esters is 1. The molecule has 0 spiro atoms. The van der Waals surface area contributed by atoms with Crippen LogP contribution < -0.4 is 10.5 Å². The summed E-state index contributed by atoms with van der Waals surface area (Å²) in [5.74, 6) is -1.39. The summed E-state index contributed by atoms with van der Waals surface area (Å²) in [6.07, 6.45) is -4.48. The fourth-order valence-electron chi connectivity index (χ4n) is 3.54. The molecule has 0 radical (unpaired) electrons. The highest BCUT2D eigenvalue weighted by molar-refractivity contribution is 9.10. The van der Waals surface area contributed by atoms with Gasteiger partial charge in [-0.1, -0.05) is 28.1 Å². The molecule has 178 valence electrons. The molecule has 3 rings (SSSR count). The van der Waals surface area contributed by atoms with Crippen LogP contribution in [0.25, 0.3) is 0 Å². The van der Waals surface area contributed by atoms with Gasteiger partial charge in [0.2, 0.25) is 5.88 Å². The third-order valence-electron chi connectivity index (χ3n) is 5.03. The van der Waals surface area contributed by atoms with Gasteiger partial charge in [-0.15, -0.1) is 0 Å². The molecule has 1 aliphatic rings. The molecule has 0 aliphatic carbocycles. The number of benzene rings is 2. The van der Waals surface area contributed by atoms with Gasteiger partial charge < -0.3 is 19.9 Å². The SMILES string of the molecule is CCOC(=O)C1=C(C)OC(N)=C(C#N)C1c1cc(Br)ccc1OCc1cccc(C(F)(F)F)c1. The molecule has 0 bridgehead atoms. The molecule has 1 unspecified atom stereocenters. The quantitative estimate of drug-likeness (QED) is 0.476. The van der Waals surface area contributed by atoms with Crippen molar-refractivity contribution in [2.45, 2.75) is 32.5 Å². The molecular formula is C24H20BrF3N2O4. The van der Waals surface area contributed by atoms with Crippen molar-refractivity contribution in [1.82, 2.24) is 0 Å². The van der Waals surface area contributed by atoms with E-state index >= 15 is 0 Å². The van der Waals surface area contributed by atoms with E-state index in [2.05, 4.69) is 15.9 Å². The molecule has 34 heavy (non-hydrogen) atoms. The Bertz CT molecular complexity index is 1220. The lowest BCUT2D eigenvalue weighted by Gasteiger charge is -2.28. The van der Waals surface area contributed by atoms with Crippen LogP contribution in [-0.4, -0.2) is 12.6 Å². The number of ether oxygens (including phenoxy) is 3. The van der Waals surface area contributed by atoms with E-state index < -0.39 is 23.6 Å². The fourth-order valence-corrected chi connectivity index (χ4v) is 3.92. The summed E-state index contributed by atoms with van der Waals surface area (Å²) in [6, 6.07) is 11.7. The third kappa shape index (κ3) is 5.37. The Kier molecular flexibility index (Phi) is 7.57. The number of halogens is 4. The number of carbonyl (C=O) groups is 1. The van der Waals surface area contributed by atoms with Crippen LogP contribution in [0.4, 0.5) is 13.2 Å². The van der Waals surface area contributed by atoms with E-state index in [1.54, 1.807) is 25.1 Å². The first-order valence-electron chi connectivity index (χ1n) is 10.1. The molecule has 0 aromatic heterocycles. The van der Waals surface area contributed by atoms with Gasteiger partial charge in [0, 0.05) is 10.0 Å². The zero-order chi connectivity index (χ0) is 25.0. The van der Waals surface area contributed by atoms with Crippen molar-refractivity contribution in [3.8, 4) is 11.8 Å². The number of nitrogens with two attached hydrogens (primary N) is 1. The van der Waals surface area contributed by atoms with Crippen LogP contribution in [0.5, 0.6) is 5.75 Å². The van der Waals surface area contributed by atoms with E-state index in [1.807, 2.05) is 6.07 Å². The Morgan fingerprint density at radius 3 is 2.65 bits per heavy atom. The molecule has 2 aromatic rings. The first-order valence-corrected chi connectivity index (χ1v) is 10.9. The van der Waals surface area contributed by atoms with Crippen molar-refractivity contribution in [1.29, 1.82) is 5.26 Å². The van der Waals surface area contributed by atoms with E-state index in [9.17, 15) is 23.2 Å². The average Bonchev–Trinajstić information content (AvgIpc) is 2.77. The predicted octanol–water partition coefficient (Wildman–Crippen LogP) is 5.69. The van der Waals surface area contributed by atoms with Crippen molar-refractivity contribution < 1.29 is 32.2 Å². The second-order valence-corrected chi connectivity index (χ2v) is 8.20. The molecular weight excluding hydrogens is 517 g/mol. The number of hydrogen-bond donors (Lipinski definition) is 1. The van der Waals surface area contributed by atoms with Crippen LogP contribution in [-0.2, 0) is 27.1 Å². The van der Waals surface area contributed by atoms with Crippen molar-refractivity contribution in [3.63, 3.8) is 0 Å². The second kappa shape index (κ2) is 10.2. The molecule has 1 heterocycles. The highest BCUT2D eigenvalue weighted by atomic mass is 79.9. The van der Waals surface area contributed by atoms with E-state index in [0.29, 0.717) is 15.6 Å². The Balaban J connectivity index is 2.05. The molecule has 10 heteroatoms. The highest BCUT2D eigenvalue weighted by Crippen LogP contribution is 2.44. The second-order valence-electron chi connectivity index (χ2n) is 7.28. The summed E-state index contributed by atoms with van der Waals surface area (Å²) >= 11 is 3.38. The minimum atomic E-state index is -4.48. The van der Waals surface area contributed by atoms with E-state index in [0.717, 1.165) is 12.1 Å². The number of nitrogens with zero attached hydrogens (tertiary/aromatic N) is 1. The topological polar surface area (TPSA) is 94.6 Å². The number of alkyl halides is 3. The highest BCUT2D eigenvalue weighted by Gasteiger charge is 2.38. The van der Waals surface area contributed by atoms with Crippen LogP contribution in [0.3, 0.4) is 0 Å². The van der Waals surface area contributed by atoms with Crippen LogP contribution in [0, 0.1) is 11.3 Å². The van der Waals surface area contributed by atoms with Crippen molar-refractivity contribution in [2.24, 2.45) is 5.73 Å². The van der Waals surface area contributed by atoms with Crippen LogP contribution in [0.15, 0.2) is 69.7 Å². The van der Waals surface area contributed by atoms with Gasteiger partial charge in [-0.05, 0) is 49.7 Å². The van der Waals surface area contributed by atoms with Crippen molar-refractivity contribution in [3.05, 3.63) is 86.4 Å². The predicted molar refractivity (Wildman–Crippen MR) is 120 cm³/mol. The summed E-state index contributed by atoms with van der Waals surface area (Å²) in [5, 5.41) is 9.78. The Hall–Kier alpha value is -3.45. The third-order valence-corrected chi connectivity index (χ3v) is 5.53. The van der Waals surface area contributed by atoms with Gasteiger partial charge in [0.15, 0.2) is 0 Å². The normalized spacial score (nSPS) is 16.1. The maximum absolute atomic E-state index is 13.1. The number of carbonyl (C=O) groups excluding carboxylic acids is 1.